The summed E-state index contributed by atoms with van der Waals surface area (Å²) in [7, 11) is -3.03. The highest BCUT2D eigenvalue weighted by Crippen LogP contribution is 2.33. The Morgan fingerprint density at radius 2 is 1.89 bits per heavy atom. The minimum absolute atomic E-state index is 0.0201. The second-order valence-electron chi connectivity index (χ2n) is 4.99. The Balaban J connectivity index is 2.55. The molecule has 0 fully saturated rings. The van der Waals surface area contributed by atoms with Gasteiger partial charge in [0.15, 0.2) is 11.5 Å². The van der Waals surface area contributed by atoms with Gasteiger partial charge < -0.3 is 9.47 Å². The molecule has 0 unspecified atom stereocenters. The summed E-state index contributed by atoms with van der Waals surface area (Å²) in [4.78, 5) is -0.998. The molecule has 0 radical (unpaired) electrons. The maximum Gasteiger partial charge on any atom is 0.387 e. The van der Waals surface area contributed by atoms with Gasteiger partial charge in [0.25, 0.3) is 0 Å². The zero-order valence-electron chi connectivity index (χ0n) is 13.6. The smallest absolute Gasteiger partial charge is 0.387 e. The van der Waals surface area contributed by atoms with Crippen LogP contribution < -0.4 is 9.47 Å². The van der Waals surface area contributed by atoms with E-state index in [9.17, 15) is 22.5 Å². The van der Waals surface area contributed by atoms with Crippen molar-refractivity contribution in [3.05, 3.63) is 56.9 Å². The normalized spacial score (nSPS) is 12.0. The SMILES string of the molecule is COc1ccc(/C=C(\C#N)S(=O)(=O)c2cc(Cl)ccc2Cl)cc1OC(F)F. The number of nitriles is 1. The zero-order chi connectivity index (χ0) is 20.2. The van der Waals surface area contributed by atoms with Gasteiger partial charge in [0.1, 0.15) is 11.0 Å². The third kappa shape index (κ3) is 4.89. The van der Waals surface area contributed by atoms with Crippen LogP contribution in [0, 0.1) is 11.3 Å². The summed E-state index contributed by atoms with van der Waals surface area (Å²) >= 11 is 11.7. The minimum Gasteiger partial charge on any atom is -0.493 e. The highest BCUT2D eigenvalue weighted by atomic mass is 35.5. The number of halogens is 4. The molecule has 0 bridgehead atoms. The van der Waals surface area contributed by atoms with Crippen LogP contribution in [0.4, 0.5) is 8.78 Å². The predicted octanol–water partition coefficient (Wildman–Crippen LogP) is 4.94. The van der Waals surface area contributed by atoms with Gasteiger partial charge >= 0.3 is 6.61 Å². The lowest BCUT2D eigenvalue weighted by atomic mass is 10.2. The molecular weight excluding hydrogens is 423 g/mol. The van der Waals surface area contributed by atoms with E-state index in [4.69, 9.17) is 27.9 Å². The van der Waals surface area contributed by atoms with Crippen LogP contribution in [0.15, 0.2) is 46.2 Å². The van der Waals surface area contributed by atoms with Crippen LogP contribution in [-0.4, -0.2) is 22.1 Å². The monoisotopic (exact) mass is 433 g/mol. The van der Waals surface area contributed by atoms with Gasteiger partial charge in [-0.05, 0) is 42.0 Å². The number of rotatable bonds is 6. The van der Waals surface area contributed by atoms with E-state index in [-0.39, 0.29) is 32.0 Å². The average molecular weight is 434 g/mol. The van der Waals surface area contributed by atoms with Crippen molar-refractivity contribution in [2.45, 2.75) is 11.5 Å². The highest BCUT2D eigenvalue weighted by Gasteiger charge is 2.24. The van der Waals surface area contributed by atoms with Crippen LogP contribution in [0.5, 0.6) is 11.5 Å². The quantitative estimate of drug-likeness (QED) is 0.602. The molecule has 0 heterocycles. The highest BCUT2D eigenvalue weighted by molar-refractivity contribution is 7.95. The Morgan fingerprint density at radius 3 is 2.48 bits per heavy atom. The predicted molar refractivity (Wildman–Crippen MR) is 96.9 cm³/mol. The molecule has 0 aliphatic heterocycles. The number of hydrogen-bond acceptors (Lipinski definition) is 5. The van der Waals surface area contributed by atoms with Crippen LogP contribution in [-0.2, 0) is 9.84 Å². The van der Waals surface area contributed by atoms with Crippen molar-refractivity contribution in [1.29, 1.82) is 5.26 Å². The lowest BCUT2D eigenvalue weighted by Crippen LogP contribution is -2.05. The maximum absolute atomic E-state index is 12.7. The fourth-order valence-electron chi connectivity index (χ4n) is 2.09. The number of alkyl halides is 2. The fraction of sp³-hybridized carbons (Fsp3) is 0.118. The lowest BCUT2D eigenvalue weighted by molar-refractivity contribution is -0.0512. The van der Waals surface area contributed by atoms with Crippen molar-refractivity contribution >= 4 is 39.1 Å². The number of benzene rings is 2. The van der Waals surface area contributed by atoms with Gasteiger partial charge in [-0.25, -0.2) is 8.42 Å². The summed E-state index contributed by atoms with van der Waals surface area (Å²) in [6, 6.07) is 9.18. The molecule has 2 aromatic carbocycles. The molecule has 0 spiro atoms. The van der Waals surface area contributed by atoms with Crippen molar-refractivity contribution < 1.29 is 26.7 Å². The van der Waals surface area contributed by atoms with Crippen LogP contribution >= 0.6 is 23.2 Å². The molecule has 142 valence electrons. The van der Waals surface area contributed by atoms with Gasteiger partial charge in [0.2, 0.25) is 9.84 Å². The molecule has 0 amide bonds. The van der Waals surface area contributed by atoms with Gasteiger partial charge in [-0.15, -0.1) is 0 Å². The molecule has 5 nitrogen and oxygen atoms in total. The van der Waals surface area contributed by atoms with Gasteiger partial charge in [-0.3, -0.25) is 0 Å². The van der Waals surface area contributed by atoms with Gasteiger partial charge in [0.05, 0.1) is 17.0 Å². The van der Waals surface area contributed by atoms with E-state index in [2.05, 4.69) is 4.74 Å². The molecule has 2 aromatic rings. The number of nitrogens with zero attached hydrogens (tertiary/aromatic N) is 1. The summed E-state index contributed by atoms with van der Waals surface area (Å²) in [5.74, 6) is -0.288. The topological polar surface area (TPSA) is 76.4 Å². The zero-order valence-corrected chi connectivity index (χ0v) is 15.9. The first kappa shape index (κ1) is 21.0. The van der Waals surface area contributed by atoms with Crippen molar-refractivity contribution in [3.8, 4) is 17.6 Å². The Bertz CT molecular complexity index is 1030. The Labute approximate surface area is 164 Å². The van der Waals surface area contributed by atoms with E-state index in [1.54, 1.807) is 6.07 Å². The van der Waals surface area contributed by atoms with Crippen LogP contribution in [0.2, 0.25) is 10.0 Å². The van der Waals surface area contributed by atoms with E-state index in [1.165, 1.54) is 31.4 Å². The van der Waals surface area contributed by atoms with E-state index in [0.29, 0.717) is 0 Å². The maximum atomic E-state index is 12.7. The van der Waals surface area contributed by atoms with Gasteiger partial charge in [0, 0.05) is 5.02 Å². The summed E-state index contributed by atoms with van der Waals surface area (Å²) in [6.45, 7) is -3.11. The number of sulfone groups is 1. The Morgan fingerprint density at radius 1 is 1.19 bits per heavy atom. The minimum atomic E-state index is -4.29. The second kappa shape index (κ2) is 8.57. The van der Waals surface area contributed by atoms with E-state index in [0.717, 1.165) is 18.2 Å². The molecule has 0 atom stereocenters. The van der Waals surface area contributed by atoms with Crippen LogP contribution in [0.1, 0.15) is 5.56 Å². The molecule has 10 heteroatoms. The van der Waals surface area contributed by atoms with Crippen molar-refractivity contribution in [3.63, 3.8) is 0 Å². The number of ether oxygens (including phenoxy) is 2. The van der Waals surface area contributed by atoms with Crippen LogP contribution in [0.3, 0.4) is 0 Å². The molecule has 0 saturated heterocycles. The van der Waals surface area contributed by atoms with E-state index in [1.807, 2.05) is 0 Å². The molecule has 27 heavy (non-hydrogen) atoms. The second-order valence-corrected chi connectivity index (χ2v) is 7.72. The van der Waals surface area contributed by atoms with Crippen molar-refractivity contribution in [2.24, 2.45) is 0 Å². The first-order valence-electron chi connectivity index (χ1n) is 7.14. The molecule has 0 N–H and O–H groups in total. The van der Waals surface area contributed by atoms with Crippen molar-refractivity contribution in [2.75, 3.05) is 7.11 Å². The van der Waals surface area contributed by atoms with Gasteiger partial charge in [-0.2, -0.15) is 14.0 Å². The third-order valence-corrected chi connectivity index (χ3v) is 5.67. The Kier molecular flexibility index (Phi) is 6.65. The van der Waals surface area contributed by atoms with Crippen molar-refractivity contribution in [1.82, 2.24) is 0 Å². The lowest BCUT2D eigenvalue weighted by Gasteiger charge is -2.11. The third-order valence-electron chi connectivity index (χ3n) is 3.28. The molecule has 0 aliphatic carbocycles. The first-order chi connectivity index (χ1) is 12.7. The molecule has 0 aromatic heterocycles. The number of allylic oxidation sites excluding steroid dienone is 1. The number of hydrogen-bond donors (Lipinski definition) is 0. The first-order valence-corrected chi connectivity index (χ1v) is 9.37. The molecule has 2 rings (SSSR count). The van der Waals surface area contributed by atoms with Gasteiger partial charge in [-0.1, -0.05) is 29.3 Å². The average Bonchev–Trinajstić information content (AvgIpc) is 2.61. The molecule has 0 aliphatic rings. The summed E-state index contributed by atoms with van der Waals surface area (Å²) < 4.78 is 59.7. The summed E-state index contributed by atoms with van der Waals surface area (Å²) in [5.41, 5.74) is 0.129. The standard InChI is InChI=1S/C17H11Cl2F2NO4S/c1-25-14-5-2-10(7-15(14)26-17(20)21)6-12(9-22)27(23,24)16-8-11(18)3-4-13(16)19/h2-8,17H,1H3/b12-6+. The fourth-order valence-corrected chi connectivity index (χ4v) is 4.01. The summed E-state index contributed by atoms with van der Waals surface area (Å²) in [5, 5.41) is 9.31. The number of methoxy groups -OCH3 is 1. The van der Waals surface area contributed by atoms with E-state index < -0.39 is 21.4 Å². The molecular formula is C17H11Cl2F2NO4S. The largest absolute Gasteiger partial charge is 0.493 e. The van der Waals surface area contributed by atoms with Crippen LogP contribution in [0.25, 0.3) is 6.08 Å². The summed E-state index contributed by atoms with van der Waals surface area (Å²) in [6.07, 6.45) is 1.00. The van der Waals surface area contributed by atoms with E-state index >= 15 is 0 Å². The Hall–Kier alpha value is -2.34. The molecule has 0 saturated carbocycles.